The number of fused-ring (bicyclic) bond motifs is 1. The molecule has 0 saturated heterocycles. The van der Waals surface area contributed by atoms with Gasteiger partial charge < -0.3 is 5.73 Å². The molecule has 0 saturated carbocycles. The third-order valence-corrected chi connectivity index (χ3v) is 5.02. The second kappa shape index (κ2) is 6.97. The van der Waals surface area contributed by atoms with Crippen LogP contribution < -0.4 is 5.73 Å². The number of rotatable bonds is 6. The van der Waals surface area contributed by atoms with Gasteiger partial charge in [-0.05, 0) is 35.7 Å². The van der Waals surface area contributed by atoms with Gasteiger partial charge in [0.05, 0.1) is 0 Å². The summed E-state index contributed by atoms with van der Waals surface area (Å²) in [6.45, 7) is 4.43. The van der Waals surface area contributed by atoms with Gasteiger partial charge in [0, 0.05) is 16.2 Å². The molecule has 0 aliphatic rings. The molecule has 0 aromatic heterocycles. The Balaban J connectivity index is 2.15. The monoisotopic (exact) mass is 273 g/mol. The molecule has 102 valence electrons. The minimum Gasteiger partial charge on any atom is -0.327 e. The molecule has 2 rings (SSSR count). The molecule has 0 fully saturated rings. The van der Waals surface area contributed by atoms with Crippen molar-refractivity contribution in [2.24, 2.45) is 5.73 Å². The molecule has 2 atom stereocenters. The molecule has 0 amide bonds. The lowest BCUT2D eigenvalue weighted by molar-refractivity contribution is 0.567. The highest BCUT2D eigenvalue weighted by Gasteiger charge is 2.16. The lowest BCUT2D eigenvalue weighted by Gasteiger charge is -2.21. The minimum absolute atomic E-state index is 0.298. The van der Waals surface area contributed by atoms with Crippen molar-refractivity contribution in [1.29, 1.82) is 0 Å². The molecule has 2 N–H and O–H groups in total. The molecule has 19 heavy (non-hydrogen) atoms. The van der Waals surface area contributed by atoms with Crippen LogP contribution in [0.4, 0.5) is 0 Å². The van der Waals surface area contributed by atoms with E-state index in [0.29, 0.717) is 11.3 Å². The molecule has 2 aromatic carbocycles. The summed E-state index contributed by atoms with van der Waals surface area (Å²) >= 11 is 1.93. The van der Waals surface area contributed by atoms with Crippen molar-refractivity contribution in [3.8, 4) is 0 Å². The number of thioether (sulfide) groups is 1. The van der Waals surface area contributed by atoms with Gasteiger partial charge in [-0.15, -0.1) is 11.8 Å². The molecule has 2 aromatic rings. The summed E-state index contributed by atoms with van der Waals surface area (Å²) in [5.74, 6) is 0. The summed E-state index contributed by atoms with van der Waals surface area (Å²) in [7, 11) is 0. The summed E-state index contributed by atoms with van der Waals surface area (Å²) in [5, 5.41) is 3.13. The minimum atomic E-state index is 0.298. The van der Waals surface area contributed by atoms with Gasteiger partial charge in [-0.25, -0.2) is 0 Å². The molecule has 0 heterocycles. The van der Waals surface area contributed by atoms with Crippen LogP contribution in [0.1, 0.15) is 33.1 Å². The summed E-state index contributed by atoms with van der Waals surface area (Å²) in [6, 6.07) is 15.5. The second-order valence-electron chi connectivity index (χ2n) is 5.03. The average Bonchev–Trinajstić information content (AvgIpc) is 2.44. The Labute approximate surface area is 120 Å². The van der Waals surface area contributed by atoms with E-state index in [1.807, 2.05) is 11.8 Å². The maximum atomic E-state index is 6.28. The predicted molar refractivity (Wildman–Crippen MR) is 86.8 cm³/mol. The Morgan fingerprint density at radius 1 is 1.05 bits per heavy atom. The Bertz CT molecular complexity index is 523. The van der Waals surface area contributed by atoms with Gasteiger partial charge in [0.25, 0.3) is 0 Å². The fourth-order valence-corrected chi connectivity index (χ4v) is 3.58. The van der Waals surface area contributed by atoms with Gasteiger partial charge in [-0.1, -0.05) is 50.6 Å². The second-order valence-corrected chi connectivity index (χ2v) is 6.34. The molecule has 0 spiro atoms. The van der Waals surface area contributed by atoms with Gasteiger partial charge in [0.2, 0.25) is 0 Å². The zero-order valence-corrected chi connectivity index (χ0v) is 12.6. The van der Waals surface area contributed by atoms with Crippen LogP contribution in [0.2, 0.25) is 0 Å². The van der Waals surface area contributed by atoms with Crippen molar-refractivity contribution in [2.45, 2.75) is 49.3 Å². The Kier molecular flexibility index (Phi) is 5.29. The first-order chi connectivity index (χ1) is 9.24. The average molecular weight is 273 g/mol. The number of hydrogen-bond acceptors (Lipinski definition) is 2. The third kappa shape index (κ3) is 3.74. The fraction of sp³-hybridized carbons (Fsp3) is 0.412. The van der Waals surface area contributed by atoms with Crippen LogP contribution in [0.25, 0.3) is 10.8 Å². The van der Waals surface area contributed by atoms with E-state index >= 15 is 0 Å². The quantitative estimate of drug-likeness (QED) is 0.762. The predicted octanol–water partition coefficient (Wildman–Crippen LogP) is 4.84. The van der Waals surface area contributed by atoms with E-state index in [1.54, 1.807) is 0 Å². The number of hydrogen-bond donors (Lipinski definition) is 1. The lowest BCUT2D eigenvalue weighted by atomic mass is 10.1. The van der Waals surface area contributed by atoms with Crippen LogP contribution in [-0.2, 0) is 0 Å². The number of benzene rings is 2. The molecule has 2 heteroatoms. The summed E-state index contributed by atoms with van der Waals surface area (Å²) in [6.07, 6.45) is 3.40. The first-order valence-corrected chi connectivity index (χ1v) is 8.03. The fourth-order valence-electron chi connectivity index (χ4n) is 2.41. The van der Waals surface area contributed by atoms with Crippen LogP contribution >= 0.6 is 11.8 Å². The highest BCUT2D eigenvalue weighted by molar-refractivity contribution is 8.00. The standard InChI is InChI=1S/C17H23NS/c1-3-7-16(18)17(4-2)19-15-11-10-13-8-5-6-9-14(13)12-15/h5-6,8-12,16-17H,3-4,7,18H2,1-2H3. The summed E-state index contributed by atoms with van der Waals surface area (Å²) < 4.78 is 0. The molecular weight excluding hydrogens is 250 g/mol. The number of nitrogens with two attached hydrogens (primary N) is 1. The Hall–Kier alpha value is -0.990. The van der Waals surface area contributed by atoms with Crippen molar-refractivity contribution in [3.05, 3.63) is 42.5 Å². The van der Waals surface area contributed by atoms with Crippen LogP contribution in [0.3, 0.4) is 0 Å². The van der Waals surface area contributed by atoms with Gasteiger partial charge in [-0.2, -0.15) is 0 Å². The lowest BCUT2D eigenvalue weighted by Crippen LogP contribution is -2.31. The highest BCUT2D eigenvalue weighted by atomic mass is 32.2. The van der Waals surface area contributed by atoms with Crippen molar-refractivity contribution < 1.29 is 0 Å². The van der Waals surface area contributed by atoms with E-state index in [9.17, 15) is 0 Å². The van der Waals surface area contributed by atoms with Crippen molar-refractivity contribution in [2.75, 3.05) is 0 Å². The van der Waals surface area contributed by atoms with E-state index in [4.69, 9.17) is 5.73 Å². The van der Waals surface area contributed by atoms with E-state index in [0.717, 1.165) is 19.3 Å². The van der Waals surface area contributed by atoms with E-state index in [2.05, 4.69) is 56.3 Å². The zero-order chi connectivity index (χ0) is 13.7. The first-order valence-electron chi connectivity index (χ1n) is 7.15. The zero-order valence-electron chi connectivity index (χ0n) is 11.8. The molecule has 0 aliphatic carbocycles. The highest BCUT2D eigenvalue weighted by Crippen LogP contribution is 2.30. The molecule has 2 unspecified atom stereocenters. The molecule has 0 radical (unpaired) electrons. The maximum Gasteiger partial charge on any atom is 0.0243 e. The third-order valence-electron chi connectivity index (χ3n) is 3.51. The van der Waals surface area contributed by atoms with Gasteiger partial charge >= 0.3 is 0 Å². The van der Waals surface area contributed by atoms with Crippen molar-refractivity contribution in [3.63, 3.8) is 0 Å². The van der Waals surface area contributed by atoms with Crippen LogP contribution in [0.15, 0.2) is 47.4 Å². The molecular formula is C17H23NS. The van der Waals surface area contributed by atoms with Crippen molar-refractivity contribution >= 4 is 22.5 Å². The SMILES string of the molecule is CCCC(N)C(CC)Sc1ccc2ccccc2c1. The summed E-state index contributed by atoms with van der Waals surface area (Å²) in [4.78, 5) is 1.33. The smallest absolute Gasteiger partial charge is 0.0243 e. The normalized spacial score (nSPS) is 14.5. The maximum absolute atomic E-state index is 6.28. The Morgan fingerprint density at radius 2 is 1.79 bits per heavy atom. The van der Waals surface area contributed by atoms with Crippen molar-refractivity contribution in [1.82, 2.24) is 0 Å². The van der Waals surface area contributed by atoms with Crippen LogP contribution in [0.5, 0.6) is 0 Å². The largest absolute Gasteiger partial charge is 0.327 e. The Morgan fingerprint density at radius 3 is 2.47 bits per heavy atom. The van der Waals surface area contributed by atoms with Gasteiger partial charge in [0.1, 0.15) is 0 Å². The van der Waals surface area contributed by atoms with Gasteiger partial charge in [-0.3, -0.25) is 0 Å². The topological polar surface area (TPSA) is 26.0 Å². The van der Waals surface area contributed by atoms with E-state index in [1.165, 1.54) is 15.7 Å². The first kappa shape index (κ1) is 14.4. The molecule has 0 aliphatic heterocycles. The van der Waals surface area contributed by atoms with Crippen LogP contribution in [0, 0.1) is 0 Å². The van der Waals surface area contributed by atoms with Gasteiger partial charge in [0.15, 0.2) is 0 Å². The van der Waals surface area contributed by atoms with E-state index in [-0.39, 0.29) is 0 Å². The van der Waals surface area contributed by atoms with Crippen LogP contribution in [-0.4, -0.2) is 11.3 Å². The summed E-state index contributed by atoms with van der Waals surface area (Å²) in [5.41, 5.74) is 6.28. The molecule has 1 nitrogen and oxygen atoms in total. The van der Waals surface area contributed by atoms with E-state index < -0.39 is 0 Å². The molecule has 0 bridgehead atoms.